The Bertz CT molecular complexity index is 328. The van der Waals surface area contributed by atoms with E-state index < -0.39 is 23.8 Å². The molecule has 17 heavy (non-hydrogen) atoms. The largest absolute Gasteiger partial charge is 0.481 e. The zero-order chi connectivity index (χ0) is 13.0. The Balaban J connectivity index is 2.56. The van der Waals surface area contributed by atoms with Gasteiger partial charge in [0.1, 0.15) is 6.54 Å². The van der Waals surface area contributed by atoms with E-state index in [1.165, 1.54) is 12.0 Å². The molecule has 0 radical (unpaired) electrons. The minimum atomic E-state index is -0.946. The molecule has 1 aliphatic rings. The number of carboxylic acid groups (broad SMARTS) is 1. The number of carbonyl (C=O) groups excluding carboxylic acids is 2. The maximum absolute atomic E-state index is 11.9. The lowest BCUT2D eigenvalue weighted by Gasteiger charge is -2.20. The van der Waals surface area contributed by atoms with Crippen LogP contribution in [0.4, 0.5) is 0 Å². The fraction of sp³-hybridized carbons (Fsp3) is 0.727. The first-order chi connectivity index (χ1) is 8.01. The minimum absolute atomic E-state index is 0.105. The van der Waals surface area contributed by atoms with E-state index in [1.807, 2.05) is 6.92 Å². The monoisotopic (exact) mass is 243 g/mol. The van der Waals surface area contributed by atoms with Gasteiger partial charge in [-0.2, -0.15) is 0 Å². The second kappa shape index (κ2) is 5.65. The standard InChI is InChI=1S/C11H17NO5/c1-3-4-12(6-9(13)17-2)10(14)7-5-8(7)11(15)16/h7-8H,3-6H2,1-2H3,(H,15,16). The van der Waals surface area contributed by atoms with Gasteiger partial charge in [0.2, 0.25) is 5.91 Å². The van der Waals surface area contributed by atoms with Crippen LogP contribution in [0, 0.1) is 11.8 Å². The van der Waals surface area contributed by atoms with Gasteiger partial charge in [0.05, 0.1) is 18.9 Å². The van der Waals surface area contributed by atoms with Crippen molar-refractivity contribution in [1.29, 1.82) is 0 Å². The molecule has 0 saturated heterocycles. The Morgan fingerprint density at radius 3 is 2.41 bits per heavy atom. The van der Waals surface area contributed by atoms with Crippen LogP contribution < -0.4 is 0 Å². The molecule has 2 atom stereocenters. The van der Waals surface area contributed by atoms with Gasteiger partial charge >= 0.3 is 11.9 Å². The number of carbonyl (C=O) groups is 3. The Hall–Kier alpha value is -1.59. The summed E-state index contributed by atoms with van der Waals surface area (Å²) < 4.78 is 4.50. The molecule has 0 aromatic carbocycles. The van der Waals surface area contributed by atoms with Crippen LogP contribution in [0.15, 0.2) is 0 Å². The normalized spacial score (nSPS) is 21.8. The fourth-order valence-electron chi connectivity index (χ4n) is 1.73. The fourth-order valence-corrected chi connectivity index (χ4v) is 1.73. The molecule has 2 unspecified atom stereocenters. The first-order valence-corrected chi connectivity index (χ1v) is 5.59. The number of rotatable bonds is 6. The van der Waals surface area contributed by atoms with Crippen molar-refractivity contribution in [2.45, 2.75) is 19.8 Å². The highest BCUT2D eigenvalue weighted by molar-refractivity contribution is 5.91. The van der Waals surface area contributed by atoms with Gasteiger partial charge in [-0.05, 0) is 12.8 Å². The first-order valence-electron chi connectivity index (χ1n) is 5.59. The zero-order valence-corrected chi connectivity index (χ0v) is 10.0. The van der Waals surface area contributed by atoms with E-state index in [4.69, 9.17) is 5.11 Å². The molecule has 6 heteroatoms. The van der Waals surface area contributed by atoms with Crippen LogP contribution in [-0.2, 0) is 19.1 Å². The van der Waals surface area contributed by atoms with Crippen LogP contribution in [0.2, 0.25) is 0 Å². The highest BCUT2D eigenvalue weighted by Crippen LogP contribution is 2.40. The minimum Gasteiger partial charge on any atom is -0.481 e. The SMILES string of the molecule is CCCN(CC(=O)OC)C(=O)C1CC1C(=O)O. The predicted octanol–water partition coefficient (Wildman–Crippen LogP) is 0.119. The summed E-state index contributed by atoms with van der Waals surface area (Å²) in [6.07, 6.45) is 1.09. The van der Waals surface area contributed by atoms with Crippen molar-refractivity contribution in [3.05, 3.63) is 0 Å². The van der Waals surface area contributed by atoms with Gasteiger partial charge in [-0.1, -0.05) is 6.92 Å². The van der Waals surface area contributed by atoms with Gasteiger partial charge in [-0.3, -0.25) is 14.4 Å². The van der Waals surface area contributed by atoms with E-state index in [0.29, 0.717) is 19.4 Å². The second-order valence-corrected chi connectivity index (χ2v) is 4.12. The molecule has 0 aromatic heterocycles. The van der Waals surface area contributed by atoms with E-state index >= 15 is 0 Å². The van der Waals surface area contributed by atoms with E-state index in [-0.39, 0.29) is 12.5 Å². The second-order valence-electron chi connectivity index (χ2n) is 4.12. The molecule has 0 aromatic rings. The molecule has 0 heterocycles. The molecule has 1 fully saturated rings. The smallest absolute Gasteiger partial charge is 0.325 e. The van der Waals surface area contributed by atoms with Crippen molar-refractivity contribution >= 4 is 17.8 Å². The van der Waals surface area contributed by atoms with Gasteiger partial charge in [-0.15, -0.1) is 0 Å². The Labute approximate surface area is 99.5 Å². The Morgan fingerprint density at radius 2 is 2.00 bits per heavy atom. The number of aliphatic carboxylic acids is 1. The van der Waals surface area contributed by atoms with Crippen molar-refractivity contribution < 1.29 is 24.2 Å². The molecule has 1 amide bonds. The summed E-state index contributed by atoms with van der Waals surface area (Å²) in [4.78, 5) is 35.1. The van der Waals surface area contributed by atoms with Gasteiger partial charge in [-0.25, -0.2) is 0 Å². The van der Waals surface area contributed by atoms with Gasteiger partial charge in [0, 0.05) is 6.54 Å². The zero-order valence-electron chi connectivity index (χ0n) is 10.0. The van der Waals surface area contributed by atoms with Crippen molar-refractivity contribution in [1.82, 2.24) is 4.90 Å². The van der Waals surface area contributed by atoms with Crippen molar-refractivity contribution in [3.63, 3.8) is 0 Å². The third kappa shape index (κ3) is 3.44. The molecule has 0 aliphatic heterocycles. The van der Waals surface area contributed by atoms with Crippen LogP contribution in [0.25, 0.3) is 0 Å². The molecule has 0 spiro atoms. The summed E-state index contributed by atoms with van der Waals surface area (Å²) in [5.41, 5.74) is 0. The summed E-state index contributed by atoms with van der Waals surface area (Å²) in [6.45, 7) is 2.22. The third-order valence-electron chi connectivity index (χ3n) is 2.78. The number of hydrogen-bond donors (Lipinski definition) is 1. The van der Waals surface area contributed by atoms with Gasteiger partial charge < -0.3 is 14.7 Å². The molecule has 1 rings (SSSR count). The van der Waals surface area contributed by atoms with Crippen molar-refractivity contribution in [2.24, 2.45) is 11.8 Å². The molecule has 96 valence electrons. The summed E-state index contributed by atoms with van der Waals surface area (Å²) in [6, 6.07) is 0. The number of esters is 1. The maximum atomic E-state index is 11.9. The van der Waals surface area contributed by atoms with E-state index in [9.17, 15) is 14.4 Å². The number of carboxylic acids is 1. The third-order valence-corrected chi connectivity index (χ3v) is 2.78. The number of nitrogens with zero attached hydrogens (tertiary/aromatic N) is 1. The average molecular weight is 243 g/mol. The molecule has 0 bridgehead atoms. The maximum Gasteiger partial charge on any atom is 0.325 e. The Morgan fingerprint density at radius 1 is 1.35 bits per heavy atom. The first kappa shape index (κ1) is 13.5. The topological polar surface area (TPSA) is 83.9 Å². The van der Waals surface area contributed by atoms with Crippen LogP contribution in [0.5, 0.6) is 0 Å². The molecule has 6 nitrogen and oxygen atoms in total. The van der Waals surface area contributed by atoms with Gasteiger partial charge in [0.15, 0.2) is 0 Å². The van der Waals surface area contributed by atoms with Crippen LogP contribution in [-0.4, -0.2) is 48.1 Å². The Kier molecular flexibility index (Phi) is 4.48. The van der Waals surface area contributed by atoms with E-state index in [1.54, 1.807) is 0 Å². The average Bonchev–Trinajstić information content (AvgIpc) is 3.07. The van der Waals surface area contributed by atoms with Gasteiger partial charge in [0.25, 0.3) is 0 Å². The number of ether oxygens (including phenoxy) is 1. The quantitative estimate of drug-likeness (QED) is 0.670. The van der Waals surface area contributed by atoms with E-state index in [2.05, 4.69) is 4.74 Å². The van der Waals surface area contributed by atoms with E-state index in [0.717, 1.165) is 0 Å². The summed E-state index contributed by atoms with van der Waals surface area (Å²) in [5.74, 6) is -2.75. The van der Waals surface area contributed by atoms with Crippen LogP contribution in [0.3, 0.4) is 0 Å². The van der Waals surface area contributed by atoms with Crippen LogP contribution >= 0.6 is 0 Å². The van der Waals surface area contributed by atoms with Crippen molar-refractivity contribution in [3.8, 4) is 0 Å². The number of hydrogen-bond acceptors (Lipinski definition) is 4. The lowest BCUT2D eigenvalue weighted by atomic mass is 10.2. The molecular weight excluding hydrogens is 226 g/mol. The lowest BCUT2D eigenvalue weighted by Crippen LogP contribution is -2.38. The molecule has 1 N–H and O–H groups in total. The predicted molar refractivity (Wildman–Crippen MR) is 58.1 cm³/mol. The summed E-state index contributed by atoms with van der Waals surface area (Å²) in [5, 5.41) is 8.75. The number of amides is 1. The highest BCUT2D eigenvalue weighted by Gasteiger charge is 2.49. The highest BCUT2D eigenvalue weighted by atomic mass is 16.5. The summed E-state index contributed by atoms with van der Waals surface area (Å²) >= 11 is 0. The molecule has 1 saturated carbocycles. The summed E-state index contributed by atoms with van der Waals surface area (Å²) in [7, 11) is 1.26. The molecular formula is C11H17NO5. The number of methoxy groups -OCH3 is 1. The lowest BCUT2D eigenvalue weighted by molar-refractivity contribution is -0.148. The molecule has 1 aliphatic carbocycles. The van der Waals surface area contributed by atoms with Crippen LogP contribution in [0.1, 0.15) is 19.8 Å². The van der Waals surface area contributed by atoms with Crippen molar-refractivity contribution in [2.75, 3.05) is 20.2 Å².